The quantitative estimate of drug-likeness (QED) is 0.268. The van der Waals surface area contributed by atoms with Gasteiger partial charge >= 0.3 is 6.09 Å². The molecule has 0 aromatic heterocycles. The van der Waals surface area contributed by atoms with Crippen molar-refractivity contribution in [2.45, 2.75) is 78.7 Å². The molecular weight excluding hydrogens is 512 g/mol. The Morgan fingerprint density at radius 3 is 2.59 bits per heavy atom. The van der Waals surface area contributed by atoms with Crippen LogP contribution in [0.15, 0.2) is 58.8 Å². The maximum Gasteiger partial charge on any atom is 0.409 e. The number of likely N-dealkylation sites (tertiary alicyclic amines) is 1. The summed E-state index contributed by atoms with van der Waals surface area (Å²) in [5.41, 5.74) is 2.28. The lowest BCUT2D eigenvalue weighted by Gasteiger charge is -2.45. The molecule has 1 fully saturated rings. The molecule has 0 bridgehead atoms. The summed E-state index contributed by atoms with van der Waals surface area (Å²) in [6.45, 7) is 15.8. The van der Waals surface area contributed by atoms with Gasteiger partial charge in [-0.05, 0) is 41.9 Å². The number of allylic oxidation sites excluding steroid dienone is 6. The summed E-state index contributed by atoms with van der Waals surface area (Å²) < 4.78 is 12.2. The molecule has 0 aromatic carbocycles. The number of hydrogen-bond donors (Lipinski definition) is 2. The molecule has 2 N–H and O–H groups in total. The lowest BCUT2D eigenvalue weighted by atomic mass is 9.82. The number of nitrogens with one attached hydrogen (secondary N) is 1. The van der Waals surface area contributed by atoms with Crippen LogP contribution in [0.25, 0.3) is 0 Å². The highest BCUT2D eigenvalue weighted by Gasteiger charge is 2.41. The maximum absolute atomic E-state index is 12.5. The second kappa shape index (κ2) is 16.0. The zero-order valence-corrected chi connectivity index (χ0v) is 25.3. The van der Waals surface area contributed by atoms with Crippen LogP contribution in [0.5, 0.6) is 0 Å². The Labute approximate surface area is 239 Å². The van der Waals surface area contributed by atoms with Crippen molar-refractivity contribution in [3.63, 3.8) is 0 Å². The van der Waals surface area contributed by atoms with E-state index in [9.17, 15) is 9.59 Å². The van der Waals surface area contributed by atoms with E-state index in [1.165, 1.54) is 22.9 Å². The SMILES string of the molecule is C=C/C=C(\SC/C1=C/CC2=C(CC=C1)OC1(CC2)CCN(C(=O)OCC(C)(C)C)CC1)C(=O)NCCO.CC. The van der Waals surface area contributed by atoms with Crippen LogP contribution in [-0.4, -0.2) is 66.2 Å². The van der Waals surface area contributed by atoms with Gasteiger partial charge in [0.05, 0.1) is 18.1 Å². The summed E-state index contributed by atoms with van der Waals surface area (Å²) in [5.74, 6) is 1.56. The molecule has 1 saturated heterocycles. The Kier molecular flexibility index (Phi) is 13.4. The molecule has 3 aliphatic rings. The number of thioether (sulfide) groups is 1. The van der Waals surface area contributed by atoms with Gasteiger partial charge < -0.3 is 24.8 Å². The van der Waals surface area contributed by atoms with Gasteiger partial charge in [-0.15, -0.1) is 11.8 Å². The molecule has 2 amide bonds. The van der Waals surface area contributed by atoms with Crippen molar-refractivity contribution >= 4 is 23.8 Å². The van der Waals surface area contributed by atoms with Gasteiger partial charge in [0.25, 0.3) is 5.91 Å². The van der Waals surface area contributed by atoms with Crippen LogP contribution in [0.4, 0.5) is 4.79 Å². The monoisotopic (exact) mass is 560 g/mol. The minimum absolute atomic E-state index is 0.0414. The average molecular weight is 561 g/mol. The van der Waals surface area contributed by atoms with Gasteiger partial charge in [0.2, 0.25) is 0 Å². The summed E-state index contributed by atoms with van der Waals surface area (Å²) in [6.07, 6.45) is 14.8. The van der Waals surface area contributed by atoms with E-state index in [4.69, 9.17) is 14.6 Å². The molecule has 0 atom stereocenters. The lowest BCUT2D eigenvalue weighted by molar-refractivity contribution is -0.116. The van der Waals surface area contributed by atoms with Crippen LogP contribution in [0.1, 0.15) is 73.1 Å². The molecule has 39 heavy (non-hydrogen) atoms. The molecular formula is C31H48N2O5S. The molecule has 0 radical (unpaired) electrons. The predicted molar refractivity (Wildman–Crippen MR) is 160 cm³/mol. The Morgan fingerprint density at radius 1 is 1.23 bits per heavy atom. The number of aliphatic hydroxyl groups is 1. The molecule has 1 aliphatic carbocycles. The zero-order valence-electron chi connectivity index (χ0n) is 24.5. The van der Waals surface area contributed by atoms with Gasteiger partial charge in [-0.2, -0.15) is 0 Å². The number of hydrogen-bond acceptors (Lipinski definition) is 6. The van der Waals surface area contributed by atoms with Crippen molar-refractivity contribution < 1.29 is 24.2 Å². The second-order valence-corrected chi connectivity index (χ2v) is 12.1. The molecule has 0 unspecified atom stereocenters. The van der Waals surface area contributed by atoms with Crippen LogP contribution in [0.3, 0.4) is 0 Å². The summed E-state index contributed by atoms with van der Waals surface area (Å²) in [5, 5.41) is 11.7. The van der Waals surface area contributed by atoms with Gasteiger partial charge in [0, 0.05) is 44.6 Å². The van der Waals surface area contributed by atoms with E-state index in [-0.39, 0.29) is 36.2 Å². The molecule has 218 valence electrons. The standard InChI is InChI=1S/C29H42N2O5S.C2H6/c1-5-7-25(26(33)30-16-19-32)37-20-22-8-6-9-24-23(11-10-22)12-13-29(36-24)14-17-31(18-15-29)27(34)35-21-28(2,3)4;1-2/h5-8,10,32H,1,9,11-21H2,2-4H3,(H,30,33);1-2H3/b8-6?,22-10+,25-7-;. The minimum Gasteiger partial charge on any atom is -0.491 e. The van der Waals surface area contributed by atoms with E-state index in [1.54, 1.807) is 12.2 Å². The van der Waals surface area contributed by atoms with Crippen LogP contribution in [-0.2, 0) is 14.3 Å². The predicted octanol–water partition coefficient (Wildman–Crippen LogP) is 6.28. The maximum atomic E-state index is 12.5. The molecule has 2 heterocycles. The lowest BCUT2D eigenvalue weighted by Crippen LogP contribution is -2.49. The van der Waals surface area contributed by atoms with Crippen LogP contribution in [0, 0.1) is 5.41 Å². The molecule has 0 aromatic rings. The normalized spacial score (nSPS) is 20.3. The molecule has 7 nitrogen and oxygen atoms in total. The molecule has 1 spiro atoms. The Hall–Kier alpha value is -2.45. The molecule has 0 saturated carbocycles. The van der Waals surface area contributed by atoms with Crippen molar-refractivity contribution in [1.29, 1.82) is 0 Å². The van der Waals surface area contributed by atoms with E-state index in [0.29, 0.717) is 30.4 Å². The van der Waals surface area contributed by atoms with Crippen molar-refractivity contribution in [2.75, 3.05) is 38.6 Å². The average Bonchev–Trinajstić information content (AvgIpc) is 2.91. The number of piperidine rings is 1. The summed E-state index contributed by atoms with van der Waals surface area (Å²) in [4.78, 5) is 27.2. The first-order valence-electron chi connectivity index (χ1n) is 14.2. The Morgan fingerprint density at radius 2 is 1.95 bits per heavy atom. The fourth-order valence-electron chi connectivity index (χ4n) is 4.58. The number of nitrogens with zero attached hydrogens (tertiary/aromatic N) is 1. The molecule has 2 aliphatic heterocycles. The highest BCUT2D eigenvalue weighted by Crippen LogP contribution is 2.42. The molecule has 8 heteroatoms. The molecule has 3 rings (SSSR count). The fraction of sp³-hybridized carbons (Fsp3) is 0.613. The largest absolute Gasteiger partial charge is 0.491 e. The zero-order chi connectivity index (χ0) is 28.9. The van der Waals surface area contributed by atoms with Gasteiger partial charge in [0.15, 0.2) is 0 Å². The third kappa shape index (κ3) is 10.6. The summed E-state index contributed by atoms with van der Waals surface area (Å²) in [7, 11) is 0. The topological polar surface area (TPSA) is 88.1 Å². The van der Waals surface area contributed by atoms with Crippen LogP contribution >= 0.6 is 11.8 Å². The van der Waals surface area contributed by atoms with Gasteiger partial charge in [-0.1, -0.05) is 65.5 Å². The number of ether oxygens (including phenoxy) is 2. The van der Waals surface area contributed by atoms with Gasteiger partial charge in [-0.25, -0.2) is 4.79 Å². The van der Waals surface area contributed by atoms with Gasteiger partial charge in [0.1, 0.15) is 11.4 Å². The van der Waals surface area contributed by atoms with Crippen molar-refractivity contribution in [3.8, 4) is 0 Å². The number of carbonyl (C=O) groups excluding carboxylic acids is 2. The number of rotatable bonds is 8. The van der Waals surface area contributed by atoms with E-state index in [0.717, 1.165) is 44.3 Å². The Bertz CT molecular complexity index is 966. The summed E-state index contributed by atoms with van der Waals surface area (Å²) in [6, 6.07) is 0. The van der Waals surface area contributed by atoms with E-state index in [1.807, 2.05) is 18.7 Å². The smallest absolute Gasteiger partial charge is 0.409 e. The third-order valence-electron chi connectivity index (χ3n) is 6.71. The number of aliphatic hydroxyl groups excluding tert-OH is 1. The fourth-order valence-corrected chi connectivity index (χ4v) is 5.52. The van der Waals surface area contributed by atoms with Crippen molar-refractivity contribution in [1.82, 2.24) is 10.2 Å². The van der Waals surface area contributed by atoms with Crippen molar-refractivity contribution in [3.05, 3.63) is 58.8 Å². The van der Waals surface area contributed by atoms with E-state index in [2.05, 4.69) is 50.9 Å². The first kappa shape index (κ1) is 32.8. The van der Waals surface area contributed by atoms with E-state index < -0.39 is 0 Å². The highest BCUT2D eigenvalue weighted by atomic mass is 32.2. The number of carbonyl (C=O) groups is 2. The van der Waals surface area contributed by atoms with Crippen LogP contribution < -0.4 is 5.32 Å². The van der Waals surface area contributed by atoms with Crippen LogP contribution in [0.2, 0.25) is 0 Å². The first-order valence-corrected chi connectivity index (χ1v) is 15.1. The third-order valence-corrected chi connectivity index (χ3v) is 7.82. The summed E-state index contributed by atoms with van der Waals surface area (Å²) >= 11 is 1.47. The number of amides is 2. The highest BCUT2D eigenvalue weighted by molar-refractivity contribution is 8.04. The van der Waals surface area contributed by atoms with Crippen molar-refractivity contribution in [2.24, 2.45) is 5.41 Å². The Balaban J connectivity index is 0.00000260. The van der Waals surface area contributed by atoms with Gasteiger partial charge in [-0.3, -0.25) is 4.79 Å². The first-order chi connectivity index (χ1) is 18.6. The minimum atomic E-state index is -0.220. The van der Waals surface area contributed by atoms with E-state index >= 15 is 0 Å². The second-order valence-electron chi connectivity index (χ2n) is 11.0.